The fourth-order valence-electron chi connectivity index (χ4n) is 1.97. The lowest BCUT2D eigenvalue weighted by atomic mass is 10.1. The van der Waals surface area contributed by atoms with Crippen LogP contribution in [0.2, 0.25) is 0 Å². The second-order valence-corrected chi connectivity index (χ2v) is 5.22. The molecule has 0 aliphatic heterocycles. The first-order valence-electron chi connectivity index (χ1n) is 7.22. The zero-order valence-corrected chi connectivity index (χ0v) is 14.5. The molecule has 1 aromatic heterocycles. The minimum atomic E-state index is -0.913. The quantitative estimate of drug-likeness (QED) is 0.634. The molecule has 0 unspecified atom stereocenters. The van der Waals surface area contributed by atoms with Crippen LogP contribution in [0.5, 0.6) is 5.75 Å². The topological polar surface area (TPSA) is 81.3 Å². The van der Waals surface area contributed by atoms with Gasteiger partial charge in [-0.2, -0.15) is 0 Å². The molecule has 1 N–H and O–H groups in total. The van der Waals surface area contributed by atoms with Gasteiger partial charge in [0.2, 0.25) is 5.75 Å². The number of nitrogens with one attached hydrogen (secondary N) is 1. The first-order chi connectivity index (χ1) is 11.1. The molecule has 0 saturated carbocycles. The van der Waals surface area contributed by atoms with Gasteiger partial charge in [-0.1, -0.05) is 47.1 Å². The number of hydrogen-bond acceptors (Lipinski definition) is 5. The maximum absolute atomic E-state index is 12.2. The number of halogens is 1. The normalized spacial score (nSPS) is 10.4. The van der Waals surface area contributed by atoms with Crippen LogP contribution >= 0.6 is 15.9 Å². The first-order valence-corrected chi connectivity index (χ1v) is 8.34. The standard InChI is InChI=1S/C16H17BrN2O4/c1-3-12-13(23-16(21)22-4-2)15(20)19-14(18-12)11-7-5-10(9-17)6-8-11/h5-8H,3-4,9H2,1-2H3,(H,18,19,20). The van der Waals surface area contributed by atoms with E-state index in [2.05, 4.69) is 25.9 Å². The SMILES string of the molecule is CCOC(=O)Oc1c(CC)nc(-c2ccc(CBr)cc2)[nH]c1=O. The van der Waals surface area contributed by atoms with Crippen LogP contribution in [0.25, 0.3) is 11.4 Å². The highest BCUT2D eigenvalue weighted by molar-refractivity contribution is 9.08. The number of aromatic amines is 1. The fraction of sp³-hybridized carbons (Fsp3) is 0.312. The Balaban J connectivity index is 2.38. The summed E-state index contributed by atoms with van der Waals surface area (Å²) < 4.78 is 9.66. The number of aryl methyl sites for hydroxylation is 1. The minimum absolute atomic E-state index is 0.119. The molecule has 0 aliphatic carbocycles. The summed E-state index contributed by atoms with van der Waals surface area (Å²) in [5.74, 6) is 0.316. The molecule has 2 aromatic rings. The molecule has 0 atom stereocenters. The molecule has 0 saturated heterocycles. The molecule has 0 spiro atoms. The number of rotatable bonds is 5. The predicted molar refractivity (Wildman–Crippen MR) is 90.0 cm³/mol. The van der Waals surface area contributed by atoms with Crippen LogP contribution in [-0.2, 0) is 16.5 Å². The molecule has 23 heavy (non-hydrogen) atoms. The van der Waals surface area contributed by atoms with Crippen molar-refractivity contribution >= 4 is 22.1 Å². The second kappa shape index (κ2) is 7.92. The minimum Gasteiger partial charge on any atom is -0.434 e. The molecular weight excluding hydrogens is 364 g/mol. The summed E-state index contributed by atoms with van der Waals surface area (Å²) in [6.45, 7) is 3.66. The van der Waals surface area contributed by atoms with Crippen LogP contribution in [0, 0.1) is 0 Å². The first kappa shape index (κ1) is 17.2. The van der Waals surface area contributed by atoms with Gasteiger partial charge in [0.25, 0.3) is 5.56 Å². The number of alkyl halides is 1. The smallest absolute Gasteiger partial charge is 0.434 e. The van der Waals surface area contributed by atoms with E-state index < -0.39 is 11.7 Å². The summed E-state index contributed by atoms with van der Waals surface area (Å²) in [6.07, 6.45) is -0.463. The van der Waals surface area contributed by atoms with Crippen molar-refractivity contribution in [2.24, 2.45) is 0 Å². The maximum Gasteiger partial charge on any atom is 0.514 e. The van der Waals surface area contributed by atoms with Crippen molar-refractivity contribution in [2.45, 2.75) is 25.6 Å². The van der Waals surface area contributed by atoms with E-state index in [0.29, 0.717) is 17.9 Å². The van der Waals surface area contributed by atoms with Gasteiger partial charge in [-0.3, -0.25) is 4.79 Å². The molecule has 6 nitrogen and oxygen atoms in total. The van der Waals surface area contributed by atoms with Crippen LogP contribution in [0.15, 0.2) is 29.1 Å². The van der Waals surface area contributed by atoms with Gasteiger partial charge in [0, 0.05) is 10.9 Å². The molecular formula is C16H17BrN2O4. The third-order valence-corrected chi connectivity index (χ3v) is 3.76. The van der Waals surface area contributed by atoms with Crippen molar-refractivity contribution in [3.63, 3.8) is 0 Å². The Morgan fingerprint density at radius 3 is 2.52 bits per heavy atom. The molecule has 0 radical (unpaired) electrons. The highest BCUT2D eigenvalue weighted by atomic mass is 79.9. The van der Waals surface area contributed by atoms with Gasteiger partial charge in [0.1, 0.15) is 5.82 Å². The lowest BCUT2D eigenvalue weighted by molar-refractivity contribution is 0.103. The second-order valence-electron chi connectivity index (χ2n) is 4.66. The number of nitrogens with zero attached hydrogens (tertiary/aromatic N) is 1. The summed E-state index contributed by atoms with van der Waals surface area (Å²) in [4.78, 5) is 30.7. The van der Waals surface area contributed by atoms with Crippen molar-refractivity contribution < 1.29 is 14.3 Å². The van der Waals surface area contributed by atoms with Gasteiger partial charge in [0.15, 0.2) is 0 Å². The zero-order valence-electron chi connectivity index (χ0n) is 12.9. The maximum atomic E-state index is 12.2. The fourth-order valence-corrected chi connectivity index (χ4v) is 2.35. The molecule has 1 aromatic carbocycles. The highest BCUT2D eigenvalue weighted by Crippen LogP contribution is 2.19. The van der Waals surface area contributed by atoms with E-state index in [4.69, 9.17) is 9.47 Å². The number of hydrogen-bond donors (Lipinski definition) is 1. The Hall–Kier alpha value is -2.15. The van der Waals surface area contributed by atoms with Gasteiger partial charge in [-0.15, -0.1) is 0 Å². The summed E-state index contributed by atoms with van der Waals surface area (Å²) in [5.41, 5.74) is 1.80. The molecule has 0 amide bonds. The van der Waals surface area contributed by atoms with Crippen LogP contribution in [0.4, 0.5) is 4.79 Å². The summed E-state index contributed by atoms with van der Waals surface area (Å²) in [7, 11) is 0. The average molecular weight is 381 g/mol. The monoisotopic (exact) mass is 380 g/mol. The van der Waals surface area contributed by atoms with E-state index in [1.165, 1.54) is 0 Å². The number of ether oxygens (including phenoxy) is 2. The Labute approximate surface area is 142 Å². The third-order valence-electron chi connectivity index (χ3n) is 3.11. The summed E-state index contributed by atoms with van der Waals surface area (Å²) >= 11 is 3.38. The largest absolute Gasteiger partial charge is 0.514 e. The van der Waals surface area contributed by atoms with Crippen LogP contribution in [0.1, 0.15) is 25.1 Å². The summed E-state index contributed by atoms with van der Waals surface area (Å²) in [6, 6.07) is 7.64. The Bertz CT molecular complexity index is 741. The van der Waals surface area contributed by atoms with E-state index in [1.807, 2.05) is 31.2 Å². The van der Waals surface area contributed by atoms with Crippen molar-refractivity contribution in [1.82, 2.24) is 9.97 Å². The molecule has 0 fully saturated rings. The van der Waals surface area contributed by atoms with Gasteiger partial charge < -0.3 is 14.5 Å². The Morgan fingerprint density at radius 2 is 1.96 bits per heavy atom. The molecule has 1 heterocycles. The van der Waals surface area contributed by atoms with E-state index >= 15 is 0 Å². The van der Waals surface area contributed by atoms with Crippen LogP contribution in [-0.4, -0.2) is 22.7 Å². The van der Waals surface area contributed by atoms with Gasteiger partial charge in [-0.05, 0) is 18.9 Å². The number of aromatic nitrogens is 2. The molecule has 122 valence electrons. The molecule has 0 aliphatic rings. The number of carbonyl (C=O) groups excluding carboxylic acids is 1. The van der Waals surface area contributed by atoms with E-state index in [0.717, 1.165) is 16.5 Å². The predicted octanol–water partition coefficient (Wildman–Crippen LogP) is 3.43. The van der Waals surface area contributed by atoms with E-state index in [9.17, 15) is 9.59 Å². The highest BCUT2D eigenvalue weighted by Gasteiger charge is 2.17. The Kier molecular flexibility index (Phi) is 5.92. The number of benzene rings is 1. The van der Waals surface area contributed by atoms with Crippen molar-refractivity contribution in [3.8, 4) is 17.1 Å². The van der Waals surface area contributed by atoms with E-state index in [-0.39, 0.29) is 12.4 Å². The number of H-pyrrole nitrogens is 1. The lowest BCUT2D eigenvalue weighted by Gasteiger charge is -2.09. The van der Waals surface area contributed by atoms with E-state index in [1.54, 1.807) is 6.92 Å². The molecule has 0 bridgehead atoms. The van der Waals surface area contributed by atoms with Crippen molar-refractivity contribution in [3.05, 3.63) is 45.9 Å². The third kappa shape index (κ3) is 4.19. The van der Waals surface area contributed by atoms with Gasteiger partial charge in [0.05, 0.1) is 12.3 Å². The van der Waals surface area contributed by atoms with Crippen LogP contribution < -0.4 is 10.3 Å². The van der Waals surface area contributed by atoms with Crippen molar-refractivity contribution in [2.75, 3.05) is 6.61 Å². The molecule has 2 rings (SSSR count). The Morgan fingerprint density at radius 1 is 1.26 bits per heavy atom. The number of carbonyl (C=O) groups is 1. The van der Waals surface area contributed by atoms with Gasteiger partial charge in [-0.25, -0.2) is 9.78 Å². The lowest BCUT2D eigenvalue weighted by Crippen LogP contribution is -2.21. The summed E-state index contributed by atoms with van der Waals surface area (Å²) in [5, 5.41) is 0.754. The zero-order chi connectivity index (χ0) is 16.8. The van der Waals surface area contributed by atoms with Gasteiger partial charge >= 0.3 is 6.16 Å². The van der Waals surface area contributed by atoms with Crippen molar-refractivity contribution in [1.29, 1.82) is 0 Å². The molecule has 7 heteroatoms. The average Bonchev–Trinajstić information content (AvgIpc) is 2.56. The van der Waals surface area contributed by atoms with Crippen LogP contribution in [0.3, 0.4) is 0 Å².